The van der Waals surface area contributed by atoms with Gasteiger partial charge in [-0.3, -0.25) is 9.78 Å². The average molecular weight is 286 g/mol. The number of anilines is 1. The van der Waals surface area contributed by atoms with Crippen LogP contribution in [-0.2, 0) is 0 Å². The van der Waals surface area contributed by atoms with Crippen molar-refractivity contribution < 1.29 is 4.74 Å². The zero-order valence-electron chi connectivity index (χ0n) is 10.9. The standard InChI is InChI=1S/C11H10N8O2/c1-21-7-5-3-2-4-6(7)14-15-8-9(12)19-11(13-10(8)20)16-17-18-19/h2-5H,12H2,1H3,(H,13,16,18,20). The third-order valence-electron chi connectivity index (χ3n) is 2.72. The van der Waals surface area contributed by atoms with Gasteiger partial charge in [-0.25, -0.2) is 0 Å². The number of ether oxygens (including phenoxy) is 1. The minimum Gasteiger partial charge on any atom is -0.494 e. The third kappa shape index (κ3) is 2.18. The van der Waals surface area contributed by atoms with E-state index in [-0.39, 0.29) is 17.3 Å². The minimum absolute atomic E-state index is 0.00241. The number of rotatable bonds is 3. The first-order valence-corrected chi connectivity index (χ1v) is 5.85. The second-order valence-corrected chi connectivity index (χ2v) is 3.97. The fourth-order valence-corrected chi connectivity index (χ4v) is 1.72. The molecule has 0 atom stereocenters. The maximum absolute atomic E-state index is 11.9. The van der Waals surface area contributed by atoms with E-state index in [0.29, 0.717) is 11.4 Å². The molecule has 0 spiro atoms. The number of aromatic amines is 1. The Balaban J connectivity index is 2.09. The van der Waals surface area contributed by atoms with Crippen LogP contribution >= 0.6 is 0 Å². The summed E-state index contributed by atoms with van der Waals surface area (Å²) in [7, 11) is 1.52. The fourth-order valence-electron chi connectivity index (χ4n) is 1.72. The quantitative estimate of drug-likeness (QED) is 0.684. The summed E-state index contributed by atoms with van der Waals surface area (Å²) >= 11 is 0. The Kier molecular flexibility index (Phi) is 3.03. The zero-order chi connectivity index (χ0) is 14.8. The molecule has 3 N–H and O–H groups in total. The molecule has 0 aliphatic rings. The molecule has 2 aromatic heterocycles. The van der Waals surface area contributed by atoms with E-state index < -0.39 is 5.56 Å². The van der Waals surface area contributed by atoms with Crippen molar-refractivity contribution in [3.8, 4) is 5.75 Å². The highest BCUT2D eigenvalue weighted by Gasteiger charge is 2.12. The number of nitrogens with zero attached hydrogens (tertiary/aromatic N) is 6. The topological polar surface area (TPSA) is 136 Å². The Morgan fingerprint density at radius 3 is 2.95 bits per heavy atom. The molecule has 1 aromatic carbocycles. The molecule has 0 saturated carbocycles. The lowest BCUT2D eigenvalue weighted by Crippen LogP contribution is -2.13. The molecule has 10 heteroatoms. The van der Waals surface area contributed by atoms with Crippen LogP contribution in [0.5, 0.6) is 5.75 Å². The highest BCUT2D eigenvalue weighted by atomic mass is 16.5. The van der Waals surface area contributed by atoms with Gasteiger partial charge < -0.3 is 10.5 Å². The van der Waals surface area contributed by atoms with Gasteiger partial charge in [0.05, 0.1) is 7.11 Å². The van der Waals surface area contributed by atoms with Crippen molar-refractivity contribution in [2.45, 2.75) is 0 Å². The summed E-state index contributed by atoms with van der Waals surface area (Å²) in [4.78, 5) is 14.3. The number of hydrogen-bond acceptors (Lipinski definition) is 8. The monoisotopic (exact) mass is 286 g/mol. The van der Waals surface area contributed by atoms with Crippen molar-refractivity contribution in [2.75, 3.05) is 12.8 Å². The molecular weight excluding hydrogens is 276 g/mol. The van der Waals surface area contributed by atoms with Crippen molar-refractivity contribution in [3.63, 3.8) is 0 Å². The van der Waals surface area contributed by atoms with Crippen molar-refractivity contribution in [1.82, 2.24) is 25.0 Å². The summed E-state index contributed by atoms with van der Waals surface area (Å²) in [5, 5.41) is 18.5. The fraction of sp³-hybridized carbons (Fsp3) is 0.0909. The van der Waals surface area contributed by atoms with Gasteiger partial charge in [-0.1, -0.05) is 17.2 Å². The molecule has 0 saturated heterocycles. The Morgan fingerprint density at radius 1 is 1.33 bits per heavy atom. The number of H-pyrrole nitrogens is 1. The molecule has 0 bridgehead atoms. The molecule has 21 heavy (non-hydrogen) atoms. The van der Waals surface area contributed by atoms with Crippen LogP contribution in [0.1, 0.15) is 0 Å². The number of nitrogens with one attached hydrogen (secondary N) is 1. The van der Waals surface area contributed by atoms with Gasteiger partial charge in [0.1, 0.15) is 11.4 Å². The number of hydrogen-bond donors (Lipinski definition) is 2. The van der Waals surface area contributed by atoms with Crippen LogP contribution in [0, 0.1) is 0 Å². The normalized spacial score (nSPS) is 11.3. The van der Waals surface area contributed by atoms with Crippen LogP contribution < -0.4 is 16.0 Å². The number of fused-ring (bicyclic) bond motifs is 1. The maximum atomic E-state index is 11.9. The second-order valence-electron chi connectivity index (χ2n) is 3.97. The highest BCUT2D eigenvalue weighted by Crippen LogP contribution is 2.28. The largest absolute Gasteiger partial charge is 0.494 e. The van der Waals surface area contributed by atoms with Crippen LogP contribution in [0.3, 0.4) is 0 Å². The molecule has 3 rings (SSSR count). The lowest BCUT2D eigenvalue weighted by Gasteiger charge is -2.02. The zero-order valence-corrected chi connectivity index (χ0v) is 10.9. The first kappa shape index (κ1) is 12.7. The maximum Gasteiger partial charge on any atom is 0.282 e. The van der Waals surface area contributed by atoms with Gasteiger partial charge in [0.25, 0.3) is 11.3 Å². The van der Waals surface area contributed by atoms with Gasteiger partial charge in [-0.2, -0.15) is 4.52 Å². The molecule has 0 aliphatic carbocycles. The summed E-state index contributed by atoms with van der Waals surface area (Å²) in [6.07, 6.45) is 0. The predicted molar refractivity (Wildman–Crippen MR) is 73.0 cm³/mol. The van der Waals surface area contributed by atoms with E-state index in [1.807, 2.05) is 0 Å². The summed E-state index contributed by atoms with van der Waals surface area (Å²) < 4.78 is 6.31. The van der Waals surface area contributed by atoms with E-state index in [1.54, 1.807) is 24.3 Å². The number of tetrazole rings is 1. The Morgan fingerprint density at radius 2 is 2.14 bits per heavy atom. The summed E-state index contributed by atoms with van der Waals surface area (Å²) in [5.74, 6) is 0.658. The van der Waals surface area contributed by atoms with Crippen molar-refractivity contribution in [2.24, 2.45) is 10.2 Å². The molecule has 106 valence electrons. The van der Waals surface area contributed by atoms with E-state index >= 15 is 0 Å². The summed E-state index contributed by atoms with van der Waals surface area (Å²) in [6, 6.07) is 7.00. The molecular formula is C11H10N8O2. The number of benzene rings is 1. The van der Waals surface area contributed by atoms with Gasteiger partial charge in [0, 0.05) is 0 Å². The molecule has 0 amide bonds. The highest BCUT2D eigenvalue weighted by molar-refractivity contribution is 5.59. The Hall–Kier alpha value is -3.30. The second kappa shape index (κ2) is 5.00. The van der Waals surface area contributed by atoms with E-state index in [9.17, 15) is 4.79 Å². The van der Waals surface area contributed by atoms with Crippen LogP contribution in [-0.4, -0.2) is 32.1 Å². The van der Waals surface area contributed by atoms with Gasteiger partial charge in [0.2, 0.25) is 0 Å². The van der Waals surface area contributed by atoms with E-state index in [0.717, 1.165) is 4.52 Å². The van der Waals surface area contributed by atoms with Crippen LogP contribution in [0.2, 0.25) is 0 Å². The number of para-hydroxylation sites is 1. The minimum atomic E-state index is -0.534. The Labute approximate surface area is 117 Å². The van der Waals surface area contributed by atoms with Gasteiger partial charge in [-0.15, -0.1) is 10.2 Å². The van der Waals surface area contributed by atoms with E-state index in [1.165, 1.54) is 7.11 Å². The van der Waals surface area contributed by atoms with E-state index in [2.05, 4.69) is 30.7 Å². The number of methoxy groups -OCH3 is 1. The van der Waals surface area contributed by atoms with Crippen LogP contribution in [0.4, 0.5) is 17.2 Å². The smallest absolute Gasteiger partial charge is 0.282 e. The number of aromatic nitrogens is 5. The van der Waals surface area contributed by atoms with Crippen molar-refractivity contribution in [1.29, 1.82) is 0 Å². The van der Waals surface area contributed by atoms with Gasteiger partial charge in [0.15, 0.2) is 11.5 Å². The van der Waals surface area contributed by atoms with Crippen LogP contribution in [0.25, 0.3) is 5.78 Å². The molecule has 0 radical (unpaired) electrons. The molecule has 0 fully saturated rings. The third-order valence-corrected chi connectivity index (χ3v) is 2.72. The lowest BCUT2D eigenvalue weighted by molar-refractivity contribution is 0.416. The summed E-state index contributed by atoms with van der Waals surface area (Å²) in [5.41, 5.74) is 5.67. The van der Waals surface area contributed by atoms with Crippen molar-refractivity contribution >= 4 is 23.0 Å². The number of azo groups is 1. The SMILES string of the molecule is COc1ccccc1N=Nc1c(N)n2nnnc2[nH]c1=O. The molecule has 2 heterocycles. The molecule has 10 nitrogen and oxygen atoms in total. The first-order valence-electron chi connectivity index (χ1n) is 5.85. The first-order chi connectivity index (χ1) is 10.2. The molecule has 3 aromatic rings. The Bertz CT molecular complexity index is 881. The summed E-state index contributed by atoms with van der Waals surface area (Å²) in [6.45, 7) is 0. The van der Waals surface area contributed by atoms with Crippen molar-refractivity contribution in [3.05, 3.63) is 34.6 Å². The van der Waals surface area contributed by atoms with Gasteiger partial charge >= 0.3 is 0 Å². The van der Waals surface area contributed by atoms with Gasteiger partial charge in [-0.05, 0) is 22.6 Å². The number of nitrogens with two attached hydrogens (primary N) is 1. The average Bonchev–Trinajstić information content (AvgIpc) is 2.95. The lowest BCUT2D eigenvalue weighted by atomic mass is 10.3. The molecule has 0 unspecified atom stereocenters. The number of nitrogen functional groups attached to an aromatic ring is 1. The van der Waals surface area contributed by atoms with Crippen LogP contribution in [0.15, 0.2) is 39.3 Å². The molecule has 0 aliphatic heterocycles. The predicted octanol–water partition coefficient (Wildman–Crippen LogP) is 0.819. The van der Waals surface area contributed by atoms with E-state index in [4.69, 9.17) is 10.5 Å².